The van der Waals surface area contributed by atoms with Gasteiger partial charge in [0.1, 0.15) is 11.9 Å². The van der Waals surface area contributed by atoms with Gasteiger partial charge < -0.3 is 10.2 Å². The molecule has 1 fully saturated rings. The van der Waals surface area contributed by atoms with E-state index in [2.05, 4.69) is 10.3 Å². The highest BCUT2D eigenvalue weighted by Gasteiger charge is 2.42. The normalized spacial score (nSPS) is 18.6. The molecule has 9 heteroatoms. The Balaban J connectivity index is 1.28. The minimum Gasteiger partial charge on any atom is -0.353 e. The zero-order valence-electron chi connectivity index (χ0n) is 22.3. The molecule has 0 saturated heterocycles. The van der Waals surface area contributed by atoms with E-state index in [1.807, 2.05) is 71.3 Å². The summed E-state index contributed by atoms with van der Waals surface area (Å²) in [5.41, 5.74) is 2.59. The Morgan fingerprint density at radius 3 is 2.54 bits per heavy atom. The minimum atomic E-state index is -0.613. The van der Waals surface area contributed by atoms with Crippen LogP contribution in [0.2, 0.25) is 0 Å². The maximum atomic E-state index is 13.2. The van der Waals surface area contributed by atoms with Gasteiger partial charge in [0.2, 0.25) is 11.8 Å². The number of amides is 3. The Morgan fingerprint density at radius 1 is 1.03 bits per heavy atom. The Bertz CT molecular complexity index is 1270. The second-order valence-corrected chi connectivity index (χ2v) is 11.1. The molecule has 2 heterocycles. The van der Waals surface area contributed by atoms with Gasteiger partial charge in [0.15, 0.2) is 5.17 Å². The minimum absolute atomic E-state index is 0.000309. The number of thioether (sulfide) groups is 1. The number of rotatable bonds is 9. The van der Waals surface area contributed by atoms with Gasteiger partial charge in [0, 0.05) is 31.1 Å². The first-order valence-electron chi connectivity index (χ1n) is 13.9. The summed E-state index contributed by atoms with van der Waals surface area (Å²) in [7, 11) is 0. The SMILES string of the molecule is CCN(Cc1ccccc1)C(=O)CSC1=Nc2ccccc2C2=NC(=O)C(CCC(=O)NC3CCCCC3)N12. The first kappa shape index (κ1) is 27.1. The van der Waals surface area contributed by atoms with Crippen LogP contribution < -0.4 is 5.32 Å². The summed E-state index contributed by atoms with van der Waals surface area (Å²) in [4.78, 5) is 51.9. The molecule has 0 aromatic heterocycles. The molecule has 1 unspecified atom stereocenters. The number of aliphatic imine (C=N–C) groups is 2. The third-order valence-electron chi connectivity index (χ3n) is 7.50. The average molecular weight is 546 g/mol. The van der Waals surface area contributed by atoms with Crippen LogP contribution in [0.1, 0.15) is 63.0 Å². The van der Waals surface area contributed by atoms with Gasteiger partial charge in [-0.1, -0.05) is 73.5 Å². The van der Waals surface area contributed by atoms with Gasteiger partial charge in [0.25, 0.3) is 5.91 Å². The van der Waals surface area contributed by atoms with Crippen molar-refractivity contribution in [3.8, 4) is 0 Å². The quantitative estimate of drug-likeness (QED) is 0.495. The number of nitrogens with zero attached hydrogens (tertiary/aromatic N) is 4. The lowest BCUT2D eigenvalue weighted by Crippen LogP contribution is -2.45. The van der Waals surface area contributed by atoms with E-state index in [0.29, 0.717) is 30.5 Å². The molecular formula is C30H35N5O3S. The highest BCUT2D eigenvalue weighted by molar-refractivity contribution is 8.14. The molecule has 5 rings (SSSR count). The highest BCUT2D eigenvalue weighted by Crippen LogP contribution is 2.35. The van der Waals surface area contributed by atoms with Crippen LogP contribution >= 0.6 is 11.8 Å². The number of carbonyl (C=O) groups is 3. The molecule has 3 amide bonds. The summed E-state index contributed by atoms with van der Waals surface area (Å²) < 4.78 is 0. The topological polar surface area (TPSA) is 94.4 Å². The number of para-hydroxylation sites is 1. The number of hydrogen-bond acceptors (Lipinski definition) is 6. The lowest BCUT2D eigenvalue weighted by Gasteiger charge is -2.31. The van der Waals surface area contributed by atoms with Crippen molar-refractivity contribution in [3.05, 3.63) is 65.7 Å². The van der Waals surface area contributed by atoms with Crippen LogP contribution in [0.5, 0.6) is 0 Å². The molecule has 1 atom stereocenters. The van der Waals surface area contributed by atoms with Crippen LogP contribution in [0.4, 0.5) is 5.69 Å². The maximum Gasteiger partial charge on any atom is 0.270 e. The lowest BCUT2D eigenvalue weighted by molar-refractivity contribution is -0.128. The molecule has 0 radical (unpaired) electrons. The molecule has 1 saturated carbocycles. The predicted octanol–water partition coefficient (Wildman–Crippen LogP) is 4.66. The second kappa shape index (κ2) is 12.6. The zero-order chi connectivity index (χ0) is 27.2. The van der Waals surface area contributed by atoms with Crippen molar-refractivity contribution in [1.29, 1.82) is 0 Å². The average Bonchev–Trinajstić information content (AvgIpc) is 3.30. The third kappa shape index (κ3) is 6.41. The van der Waals surface area contributed by atoms with Crippen molar-refractivity contribution in [2.24, 2.45) is 9.98 Å². The fourth-order valence-corrected chi connectivity index (χ4v) is 6.34. The second-order valence-electron chi connectivity index (χ2n) is 10.2. The van der Waals surface area contributed by atoms with Gasteiger partial charge >= 0.3 is 0 Å². The van der Waals surface area contributed by atoms with E-state index >= 15 is 0 Å². The summed E-state index contributed by atoms with van der Waals surface area (Å²) >= 11 is 1.32. The summed E-state index contributed by atoms with van der Waals surface area (Å²) in [5, 5.41) is 3.71. The van der Waals surface area contributed by atoms with Crippen molar-refractivity contribution < 1.29 is 14.4 Å². The van der Waals surface area contributed by atoms with Gasteiger partial charge in [-0.2, -0.15) is 4.99 Å². The maximum absolute atomic E-state index is 13.2. The smallest absolute Gasteiger partial charge is 0.270 e. The molecule has 2 aliphatic heterocycles. The van der Waals surface area contributed by atoms with Crippen molar-refractivity contribution in [2.75, 3.05) is 12.3 Å². The largest absolute Gasteiger partial charge is 0.353 e. The molecule has 2 aromatic carbocycles. The highest BCUT2D eigenvalue weighted by atomic mass is 32.2. The first-order chi connectivity index (χ1) is 19.0. The summed E-state index contributed by atoms with van der Waals surface area (Å²) in [6.45, 7) is 3.11. The molecule has 0 bridgehead atoms. The van der Waals surface area contributed by atoms with Crippen molar-refractivity contribution in [1.82, 2.24) is 15.1 Å². The van der Waals surface area contributed by atoms with E-state index in [1.54, 1.807) is 0 Å². The summed E-state index contributed by atoms with van der Waals surface area (Å²) in [5.74, 6) is 0.441. The van der Waals surface area contributed by atoms with E-state index in [4.69, 9.17) is 4.99 Å². The van der Waals surface area contributed by atoms with Gasteiger partial charge in [-0.15, -0.1) is 0 Å². The third-order valence-corrected chi connectivity index (χ3v) is 8.44. The van der Waals surface area contributed by atoms with E-state index in [9.17, 15) is 14.4 Å². The number of fused-ring (bicyclic) bond motifs is 3. The van der Waals surface area contributed by atoms with Crippen LogP contribution in [0.3, 0.4) is 0 Å². The fourth-order valence-electron chi connectivity index (χ4n) is 5.39. The number of benzene rings is 2. The van der Waals surface area contributed by atoms with Gasteiger partial charge in [0.05, 0.1) is 11.4 Å². The number of nitrogens with one attached hydrogen (secondary N) is 1. The van der Waals surface area contributed by atoms with Crippen LogP contribution in [0.15, 0.2) is 64.6 Å². The zero-order valence-corrected chi connectivity index (χ0v) is 23.2. The number of hydrogen-bond donors (Lipinski definition) is 1. The van der Waals surface area contributed by atoms with Crippen LogP contribution in [-0.4, -0.2) is 62.9 Å². The van der Waals surface area contributed by atoms with E-state index in [-0.39, 0.29) is 35.9 Å². The van der Waals surface area contributed by atoms with E-state index in [0.717, 1.165) is 42.5 Å². The Labute approximate surface area is 234 Å². The fraction of sp³-hybridized carbons (Fsp3) is 0.433. The monoisotopic (exact) mass is 545 g/mol. The molecule has 8 nitrogen and oxygen atoms in total. The van der Waals surface area contributed by atoms with Crippen LogP contribution in [0, 0.1) is 0 Å². The van der Waals surface area contributed by atoms with E-state index in [1.165, 1.54) is 18.2 Å². The lowest BCUT2D eigenvalue weighted by atomic mass is 9.95. The van der Waals surface area contributed by atoms with Gasteiger partial charge in [-0.05, 0) is 43.9 Å². The predicted molar refractivity (Wildman–Crippen MR) is 155 cm³/mol. The standard InChI is InChI=1S/C30H35N5O3S/c1-2-34(19-21-11-5-3-6-12-21)27(37)20-39-30-32-24-16-10-9-15-23(24)28-33-29(38)25(35(28)30)17-18-26(36)31-22-13-7-4-8-14-22/h3,5-6,9-12,15-16,22,25H,2,4,7-8,13-14,17-20H2,1H3,(H,31,36). The van der Waals surface area contributed by atoms with Crippen molar-refractivity contribution >= 4 is 46.2 Å². The van der Waals surface area contributed by atoms with Crippen molar-refractivity contribution in [3.63, 3.8) is 0 Å². The summed E-state index contributed by atoms with van der Waals surface area (Å²) in [6, 6.07) is 17.1. The van der Waals surface area contributed by atoms with Crippen molar-refractivity contribution in [2.45, 2.75) is 70.5 Å². The molecule has 2 aromatic rings. The summed E-state index contributed by atoms with van der Waals surface area (Å²) in [6.07, 6.45) is 6.14. The molecule has 204 valence electrons. The molecule has 39 heavy (non-hydrogen) atoms. The van der Waals surface area contributed by atoms with Gasteiger partial charge in [-0.3, -0.25) is 19.3 Å². The Kier molecular flexibility index (Phi) is 8.76. The number of amidine groups is 2. The molecule has 1 aliphatic carbocycles. The number of carbonyl (C=O) groups excluding carboxylic acids is 3. The molecule has 1 N–H and O–H groups in total. The van der Waals surface area contributed by atoms with Crippen LogP contribution in [0.25, 0.3) is 0 Å². The Hall–Kier alpha value is -3.46. The molecular weight excluding hydrogens is 510 g/mol. The first-order valence-corrected chi connectivity index (χ1v) is 14.9. The molecule has 3 aliphatic rings. The van der Waals surface area contributed by atoms with E-state index < -0.39 is 6.04 Å². The Morgan fingerprint density at radius 2 is 1.77 bits per heavy atom. The molecule has 0 spiro atoms. The van der Waals surface area contributed by atoms with Gasteiger partial charge in [-0.25, -0.2) is 4.99 Å². The van der Waals surface area contributed by atoms with Crippen LogP contribution in [-0.2, 0) is 20.9 Å².